The van der Waals surface area contributed by atoms with Gasteiger partial charge in [0.2, 0.25) is 5.69 Å². The van der Waals surface area contributed by atoms with E-state index >= 15 is 0 Å². The minimum atomic E-state index is -0.0656. The molecule has 2 nitrogen and oxygen atoms in total. The van der Waals surface area contributed by atoms with E-state index in [1.165, 1.54) is 57.5 Å². The Morgan fingerprint density at radius 2 is 1.52 bits per heavy atom. The summed E-state index contributed by atoms with van der Waals surface area (Å²) < 4.78 is 2.32. The van der Waals surface area contributed by atoms with Crippen molar-refractivity contribution in [3.8, 4) is 0 Å². The summed E-state index contributed by atoms with van der Waals surface area (Å²) >= 11 is 0. The van der Waals surface area contributed by atoms with E-state index in [1.54, 1.807) is 0 Å². The van der Waals surface area contributed by atoms with E-state index in [2.05, 4.69) is 161 Å². The fourth-order valence-corrected chi connectivity index (χ4v) is 6.62. The zero-order valence-electron chi connectivity index (χ0n) is 25.4. The quantitative estimate of drug-likeness (QED) is 0.208. The summed E-state index contributed by atoms with van der Waals surface area (Å²) in [5, 5.41) is 2.69. The lowest BCUT2D eigenvalue weighted by Gasteiger charge is -2.28. The van der Waals surface area contributed by atoms with Gasteiger partial charge in [-0.3, -0.25) is 0 Å². The van der Waals surface area contributed by atoms with Crippen molar-refractivity contribution in [2.45, 2.75) is 65.2 Å². The highest BCUT2D eigenvalue weighted by atomic mass is 15.2. The average molecular weight is 530 g/mol. The second-order valence-corrected chi connectivity index (χ2v) is 12.5. The first kappa shape index (κ1) is 27.9. The summed E-state index contributed by atoms with van der Waals surface area (Å²) in [7, 11) is 2.17. The molecule has 0 amide bonds. The van der Waals surface area contributed by atoms with Crippen molar-refractivity contribution in [2.24, 2.45) is 5.92 Å². The van der Waals surface area contributed by atoms with Gasteiger partial charge in [-0.2, -0.15) is 4.58 Å². The standard InChI is InChI=1S/C38H45N2/c1-8-28(2)26-27-40-33-25-24-29-18-14-15-19-30(29)36(33)38(5,6)35(40)23-13-11-9-10-12-22-34-37(3,4)31-20-16-17-21-32(31)39(34)7/h9-25,28H,8,26-27H2,1-7H3/q+1. The maximum Gasteiger partial charge on any atom is 0.209 e. The zero-order valence-corrected chi connectivity index (χ0v) is 25.4. The topological polar surface area (TPSA) is 6.25 Å². The van der Waals surface area contributed by atoms with Gasteiger partial charge in [0.05, 0.1) is 5.41 Å². The van der Waals surface area contributed by atoms with Gasteiger partial charge in [-0.15, -0.1) is 0 Å². The molecule has 0 N–H and O–H groups in total. The molecule has 0 fully saturated rings. The Balaban J connectivity index is 1.38. The third-order valence-corrected chi connectivity index (χ3v) is 9.19. The van der Waals surface area contributed by atoms with Crippen molar-refractivity contribution >= 4 is 27.9 Å². The number of hydrogen-bond acceptors (Lipinski definition) is 1. The molecule has 1 unspecified atom stereocenters. The number of para-hydroxylation sites is 1. The number of rotatable bonds is 8. The summed E-state index contributed by atoms with van der Waals surface area (Å²) in [5.74, 6) is 0.716. The Morgan fingerprint density at radius 3 is 2.30 bits per heavy atom. The predicted molar refractivity (Wildman–Crippen MR) is 174 cm³/mol. The molecule has 206 valence electrons. The molecule has 0 radical (unpaired) electrons. The summed E-state index contributed by atoms with van der Waals surface area (Å²) in [4.78, 5) is 2.58. The maximum atomic E-state index is 2.58. The molecule has 0 saturated heterocycles. The van der Waals surface area contributed by atoms with Crippen LogP contribution in [0.15, 0.2) is 109 Å². The smallest absolute Gasteiger partial charge is 0.209 e. The molecule has 2 heterocycles. The molecule has 2 aliphatic rings. The van der Waals surface area contributed by atoms with Gasteiger partial charge in [-0.05, 0) is 54.7 Å². The summed E-state index contributed by atoms with van der Waals surface area (Å²) in [6, 6.07) is 22.2. The summed E-state index contributed by atoms with van der Waals surface area (Å²) in [5.41, 5.74) is 8.14. The van der Waals surface area contributed by atoms with Gasteiger partial charge in [0, 0.05) is 41.1 Å². The molecule has 40 heavy (non-hydrogen) atoms. The van der Waals surface area contributed by atoms with E-state index in [9.17, 15) is 0 Å². The summed E-state index contributed by atoms with van der Waals surface area (Å²) in [6.07, 6.45) is 17.8. The van der Waals surface area contributed by atoms with Crippen LogP contribution in [0.2, 0.25) is 0 Å². The van der Waals surface area contributed by atoms with Crippen LogP contribution in [0.1, 0.15) is 65.5 Å². The molecule has 3 aromatic carbocycles. The largest absolute Gasteiger partial charge is 0.344 e. The normalized spacial score (nSPS) is 19.6. The Morgan fingerprint density at radius 1 is 0.825 bits per heavy atom. The third-order valence-electron chi connectivity index (χ3n) is 9.19. The fraction of sp³-hybridized carbons (Fsp3) is 0.342. The van der Waals surface area contributed by atoms with Crippen LogP contribution >= 0.6 is 0 Å². The van der Waals surface area contributed by atoms with E-state index in [0.717, 1.165) is 6.54 Å². The molecule has 2 heteroatoms. The van der Waals surface area contributed by atoms with Gasteiger partial charge in [-0.1, -0.05) is 113 Å². The van der Waals surface area contributed by atoms with Crippen molar-refractivity contribution in [3.05, 3.63) is 120 Å². The number of anilines is 1. The van der Waals surface area contributed by atoms with E-state index < -0.39 is 0 Å². The highest BCUT2D eigenvalue weighted by Crippen LogP contribution is 2.51. The molecule has 0 bridgehead atoms. The van der Waals surface area contributed by atoms with Gasteiger partial charge in [0.25, 0.3) is 0 Å². The van der Waals surface area contributed by atoms with E-state index in [1.807, 2.05) is 0 Å². The zero-order chi connectivity index (χ0) is 28.5. The molecule has 0 spiro atoms. The predicted octanol–water partition coefficient (Wildman–Crippen LogP) is 9.63. The van der Waals surface area contributed by atoms with Crippen LogP contribution in [0.4, 0.5) is 11.4 Å². The first-order valence-corrected chi connectivity index (χ1v) is 14.9. The number of nitrogens with zero attached hydrogens (tertiary/aromatic N) is 2. The van der Waals surface area contributed by atoms with Crippen molar-refractivity contribution in [1.29, 1.82) is 0 Å². The molecule has 1 atom stereocenters. The number of benzene rings is 3. The second-order valence-electron chi connectivity index (χ2n) is 12.5. The highest BCUT2D eigenvalue weighted by Gasteiger charge is 2.42. The molecular formula is C38H45N2+. The average Bonchev–Trinajstić information content (AvgIpc) is 3.29. The van der Waals surface area contributed by atoms with E-state index in [4.69, 9.17) is 0 Å². The number of hydrogen-bond donors (Lipinski definition) is 0. The minimum Gasteiger partial charge on any atom is -0.344 e. The van der Waals surface area contributed by atoms with Crippen LogP contribution in [0.5, 0.6) is 0 Å². The van der Waals surface area contributed by atoms with Crippen molar-refractivity contribution in [1.82, 2.24) is 0 Å². The van der Waals surface area contributed by atoms with Gasteiger partial charge < -0.3 is 4.90 Å². The lowest BCUT2D eigenvalue weighted by Crippen LogP contribution is -2.27. The fourth-order valence-electron chi connectivity index (χ4n) is 6.62. The molecule has 0 aromatic heterocycles. The maximum absolute atomic E-state index is 2.58. The third kappa shape index (κ3) is 4.89. The second kappa shape index (κ2) is 11.1. The van der Waals surface area contributed by atoms with Crippen molar-refractivity contribution in [3.63, 3.8) is 0 Å². The molecule has 3 aromatic rings. The van der Waals surface area contributed by atoms with Crippen LogP contribution < -0.4 is 4.90 Å². The van der Waals surface area contributed by atoms with Crippen LogP contribution in [0.3, 0.4) is 0 Å². The van der Waals surface area contributed by atoms with Crippen LogP contribution in [-0.4, -0.2) is 23.9 Å². The SMILES string of the molecule is CCC(C)CCN1/C(=C/C=C/C=C/C=C/C2=[N+](C)c3ccccc3C2(C)C)C(C)(C)c2c1ccc1ccccc21. The van der Waals surface area contributed by atoms with Crippen LogP contribution in [0, 0.1) is 5.92 Å². The minimum absolute atomic E-state index is 0.00189. The Labute approximate surface area is 241 Å². The monoisotopic (exact) mass is 529 g/mol. The van der Waals surface area contributed by atoms with E-state index in [-0.39, 0.29) is 10.8 Å². The molecule has 0 saturated carbocycles. The molecule has 0 aliphatic carbocycles. The lowest BCUT2D eigenvalue weighted by molar-refractivity contribution is -0.401. The number of allylic oxidation sites excluding steroid dienone is 8. The Bertz CT molecular complexity index is 1560. The van der Waals surface area contributed by atoms with Crippen molar-refractivity contribution in [2.75, 3.05) is 18.5 Å². The highest BCUT2D eigenvalue weighted by molar-refractivity contribution is 6.03. The van der Waals surface area contributed by atoms with Gasteiger partial charge in [0.15, 0.2) is 5.71 Å². The molecule has 2 aliphatic heterocycles. The first-order chi connectivity index (χ1) is 19.2. The van der Waals surface area contributed by atoms with Crippen LogP contribution in [-0.2, 0) is 10.8 Å². The summed E-state index contributed by atoms with van der Waals surface area (Å²) in [6.45, 7) is 15.1. The van der Waals surface area contributed by atoms with E-state index in [0.29, 0.717) is 5.92 Å². The number of fused-ring (bicyclic) bond motifs is 4. The van der Waals surface area contributed by atoms with Crippen LogP contribution in [0.25, 0.3) is 10.8 Å². The Hall–Kier alpha value is -3.65. The first-order valence-electron chi connectivity index (χ1n) is 14.9. The van der Waals surface area contributed by atoms with Gasteiger partial charge >= 0.3 is 0 Å². The van der Waals surface area contributed by atoms with Gasteiger partial charge in [-0.25, -0.2) is 0 Å². The van der Waals surface area contributed by atoms with Gasteiger partial charge in [0.1, 0.15) is 7.05 Å². The molecular weight excluding hydrogens is 484 g/mol. The lowest BCUT2D eigenvalue weighted by atomic mass is 9.81. The molecule has 5 rings (SSSR count). The Kier molecular flexibility index (Phi) is 7.73. The van der Waals surface area contributed by atoms with Crippen molar-refractivity contribution < 1.29 is 4.58 Å².